The molecule has 0 spiro atoms. The first-order valence-corrected chi connectivity index (χ1v) is 12.2. The van der Waals surface area contributed by atoms with Crippen molar-refractivity contribution in [2.75, 3.05) is 0 Å². The van der Waals surface area contributed by atoms with Gasteiger partial charge in [-0.05, 0) is 73.0 Å². The zero-order valence-electron chi connectivity index (χ0n) is 22.3. The Morgan fingerprint density at radius 1 is 0.805 bits per heavy atom. The smallest absolute Gasteiger partial charge is 0.214 e. The lowest BCUT2D eigenvalue weighted by atomic mass is 10.0. The average molecular weight is 559 g/mol. The van der Waals surface area contributed by atoms with Gasteiger partial charge in [-0.25, -0.2) is 8.78 Å². The molecule has 3 aromatic carbocycles. The minimum absolute atomic E-state index is 0.0263. The van der Waals surface area contributed by atoms with Crippen LogP contribution in [0.15, 0.2) is 92.1 Å². The number of benzene rings is 3. The number of hydrogen-bond acceptors (Lipinski definition) is 8. The van der Waals surface area contributed by atoms with E-state index in [1.165, 1.54) is 24.3 Å². The third-order valence-corrected chi connectivity index (χ3v) is 5.51. The number of rotatable bonds is 11. The molecule has 3 rings (SSSR count). The number of hydrogen-bond donors (Lipinski definition) is 4. The fourth-order valence-corrected chi connectivity index (χ4v) is 3.37. The predicted molar refractivity (Wildman–Crippen MR) is 155 cm³/mol. The van der Waals surface area contributed by atoms with Crippen molar-refractivity contribution < 1.29 is 27.7 Å². The van der Waals surface area contributed by atoms with Gasteiger partial charge in [0, 0.05) is 17.6 Å². The molecule has 0 unspecified atom stereocenters. The quantitative estimate of drug-likeness (QED) is 0.142. The molecule has 0 aliphatic carbocycles. The first kappa shape index (κ1) is 30.2. The van der Waals surface area contributed by atoms with Crippen LogP contribution in [0.5, 0.6) is 23.0 Å². The van der Waals surface area contributed by atoms with Crippen molar-refractivity contribution in [2.45, 2.75) is 19.8 Å². The van der Waals surface area contributed by atoms with Crippen molar-refractivity contribution in [3.05, 3.63) is 109 Å². The minimum Gasteiger partial charge on any atom is -0.441 e. The van der Waals surface area contributed by atoms with Crippen LogP contribution >= 0.6 is 0 Å². The summed E-state index contributed by atoms with van der Waals surface area (Å²) in [6.45, 7) is 12.1. The summed E-state index contributed by atoms with van der Waals surface area (Å²) in [6.07, 6.45) is 2.79. The lowest BCUT2D eigenvalue weighted by Crippen LogP contribution is -2.10. The maximum atomic E-state index is 15.5. The Hall–Kier alpha value is -5.38. The van der Waals surface area contributed by atoms with Gasteiger partial charge in [-0.3, -0.25) is 21.6 Å². The van der Waals surface area contributed by atoms with Gasteiger partial charge in [0.15, 0.2) is 29.0 Å². The molecule has 0 bridgehead atoms. The minimum atomic E-state index is -0.945. The predicted octanol–water partition coefficient (Wildman–Crippen LogP) is 7.64. The van der Waals surface area contributed by atoms with Gasteiger partial charge in [-0.1, -0.05) is 37.9 Å². The molecule has 4 N–H and O–H groups in total. The van der Waals surface area contributed by atoms with Crippen molar-refractivity contribution in [1.29, 1.82) is 21.6 Å². The van der Waals surface area contributed by atoms with Crippen LogP contribution in [0.25, 0.3) is 11.1 Å². The Morgan fingerprint density at radius 3 is 2.05 bits per heavy atom. The van der Waals surface area contributed by atoms with Gasteiger partial charge in [-0.2, -0.15) is 0 Å². The summed E-state index contributed by atoms with van der Waals surface area (Å²) in [5.74, 6) is -3.15. The molecule has 0 amide bonds. The third-order valence-electron chi connectivity index (χ3n) is 5.51. The molecule has 41 heavy (non-hydrogen) atoms. The first-order valence-electron chi connectivity index (χ1n) is 12.2. The van der Waals surface area contributed by atoms with E-state index in [-0.39, 0.29) is 46.7 Å². The fraction of sp³-hybridized carbons (Fsp3) is 0.0968. The second-order valence-corrected chi connectivity index (χ2v) is 8.62. The highest BCUT2D eigenvalue weighted by molar-refractivity contribution is 5.91. The Labute approximate surface area is 236 Å². The van der Waals surface area contributed by atoms with Crippen molar-refractivity contribution in [3.8, 4) is 34.1 Å². The molecule has 0 saturated heterocycles. The Balaban J connectivity index is 1.71. The second kappa shape index (κ2) is 13.6. The fourth-order valence-electron chi connectivity index (χ4n) is 3.37. The Morgan fingerprint density at radius 2 is 1.44 bits per heavy atom. The summed E-state index contributed by atoms with van der Waals surface area (Å²) >= 11 is 0. The molecule has 0 aliphatic rings. The molecule has 0 fully saturated rings. The van der Waals surface area contributed by atoms with Crippen LogP contribution in [0, 0.1) is 33.3 Å². The molecule has 3 aromatic rings. The van der Waals surface area contributed by atoms with Crippen molar-refractivity contribution >= 4 is 23.6 Å². The van der Waals surface area contributed by atoms with E-state index < -0.39 is 23.3 Å². The maximum Gasteiger partial charge on any atom is 0.214 e. The van der Waals surface area contributed by atoms with Crippen LogP contribution in [-0.2, 0) is 6.42 Å². The summed E-state index contributed by atoms with van der Waals surface area (Å²) in [6, 6.07) is 13.4. The van der Waals surface area contributed by atoms with Gasteiger partial charge >= 0.3 is 0 Å². The van der Waals surface area contributed by atoms with Crippen LogP contribution < -0.4 is 18.9 Å². The van der Waals surface area contributed by atoms with E-state index in [0.29, 0.717) is 17.7 Å². The van der Waals surface area contributed by atoms with Crippen molar-refractivity contribution in [2.24, 2.45) is 0 Å². The highest BCUT2D eigenvalue weighted by Gasteiger charge is 2.21. The molecule has 210 valence electrons. The maximum absolute atomic E-state index is 15.5. The molecule has 0 radical (unpaired) electrons. The van der Waals surface area contributed by atoms with Crippen LogP contribution in [0.3, 0.4) is 0 Å². The molecule has 0 saturated carbocycles. The molecule has 8 nitrogen and oxygen atoms in total. The molecule has 0 atom stereocenters. The summed E-state index contributed by atoms with van der Waals surface area (Å²) in [5, 5.41) is 31.1. The number of aryl methyl sites for hydroxylation is 1. The SMILES string of the molecule is C=CC(=N)Oc1ccc(-c2ccc(OC(=N)CCc3ccc(OC(=N)C(=C)C)cc3)c(F)c2)c(F)c1OC(=N)C=C. The van der Waals surface area contributed by atoms with Gasteiger partial charge < -0.3 is 18.9 Å². The lowest BCUT2D eigenvalue weighted by Gasteiger charge is -2.15. The van der Waals surface area contributed by atoms with Gasteiger partial charge in [0.2, 0.25) is 23.4 Å². The van der Waals surface area contributed by atoms with E-state index in [0.717, 1.165) is 23.8 Å². The highest BCUT2D eigenvalue weighted by atomic mass is 19.1. The Bertz CT molecular complexity index is 1550. The molecule has 0 heterocycles. The zero-order chi connectivity index (χ0) is 30.1. The number of ether oxygens (including phenoxy) is 4. The van der Waals surface area contributed by atoms with Gasteiger partial charge in [0.1, 0.15) is 5.75 Å². The highest BCUT2D eigenvalue weighted by Crippen LogP contribution is 2.38. The topological polar surface area (TPSA) is 132 Å². The summed E-state index contributed by atoms with van der Waals surface area (Å²) in [7, 11) is 0. The van der Waals surface area contributed by atoms with Crippen molar-refractivity contribution in [3.63, 3.8) is 0 Å². The van der Waals surface area contributed by atoms with E-state index in [2.05, 4.69) is 19.7 Å². The second-order valence-electron chi connectivity index (χ2n) is 8.62. The summed E-state index contributed by atoms with van der Waals surface area (Å²) < 4.78 is 51.6. The molecular formula is C31H28F2N4O4. The standard InChI is InChI=1S/C31H28F2N4O4/c1-5-26(34)40-25-15-13-22(29(33)30(25)41-27(35)6-2)20-10-14-24(23(32)17-20)39-28(36)16-9-19-7-11-21(12-8-19)38-31(37)18(3)4/h5-8,10-15,17,34-37H,1-3,9,16H2,4H3. The number of halogens is 2. The van der Waals surface area contributed by atoms with E-state index in [4.69, 9.17) is 40.6 Å². The van der Waals surface area contributed by atoms with Crippen LogP contribution in [0.2, 0.25) is 0 Å². The average Bonchev–Trinajstić information content (AvgIpc) is 2.95. The molecule has 10 heteroatoms. The Kier molecular flexibility index (Phi) is 10.0. The van der Waals surface area contributed by atoms with Crippen LogP contribution in [0.4, 0.5) is 8.78 Å². The van der Waals surface area contributed by atoms with E-state index >= 15 is 4.39 Å². The van der Waals surface area contributed by atoms with Gasteiger partial charge in [-0.15, -0.1) is 0 Å². The largest absolute Gasteiger partial charge is 0.441 e. The zero-order valence-corrected chi connectivity index (χ0v) is 22.3. The lowest BCUT2D eigenvalue weighted by molar-refractivity contribution is 0.448. The summed E-state index contributed by atoms with van der Waals surface area (Å²) in [4.78, 5) is 0. The monoisotopic (exact) mass is 558 g/mol. The summed E-state index contributed by atoms with van der Waals surface area (Å²) in [5.41, 5.74) is 1.47. The molecular weight excluding hydrogens is 530 g/mol. The number of nitrogens with one attached hydrogen (secondary N) is 4. The van der Waals surface area contributed by atoms with E-state index in [9.17, 15) is 4.39 Å². The molecule has 0 aromatic heterocycles. The van der Waals surface area contributed by atoms with Crippen molar-refractivity contribution in [1.82, 2.24) is 0 Å². The van der Waals surface area contributed by atoms with Gasteiger partial charge in [0.05, 0.1) is 0 Å². The normalized spacial score (nSPS) is 10.2. The molecule has 0 aliphatic heterocycles. The first-order chi connectivity index (χ1) is 19.5. The van der Waals surface area contributed by atoms with Crippen LogP contribution in [-0.4, -0.2) is 23.6 Å². The van der Waals surface area contributed by atoms with E-state index in [1.807, 2.05) is 0 Å². The third kappa shape index (κ3) is 8.06. The van der Waals surface area contributed by atoms with Crippen LogP contribution in [0.1, 0.15) is 18.9 Å². The van der Waals surface area contributed by atoms with E-state index in [1.54, 1.807) is 31.2 Å². The van der Waals surface area contributed by atoms with Gasteiger partial charge in [0.25, 0.3) is 0 Å².